The minimum absolute atomic E-state index is 0.254. The molecule has 2 aliphatic rings. The SMILES string of the molecule is CCCCCCc1ccc([C@@]2(C(C(=O)OC(C)(C)C)=C3C=CC=CC=C3)CCC(=O)O2)cc1. The molecule has 0 unspecified atom stereocenters. The molecule has 0 spiro atoms. The molecule has 33 heavy (non-hydrogen) atoms. The van der Waals surface area contributed by atoms with E-state index in [4.69, 9.17) is 9.47 Å². The first kappa shape index (κ1) is 24.8. The van der Waals surface area contributed by atoms with Crippen molar-refractivity contribution >= 4 is 11.9 Å². The van der Waals surface area contributed by atoms with Crippen molar-refractivity contribution in [1.29, 1.82) is 0 Å². The van der Waals surface area contributed by atoms with Crippen LogP contribution < -0.4 is 0 Å². The second-order valence-electron chi connectivity index (χ2n) is 9.74. The van der Waals surface area contributed by atoms with E-state index in [1.165, 1.54) is 24.8 Å². The molecule has 4 nitrogen and oxygen atoms in total. The van der Waals surface area contributed by atoms with Crippen LogP contribution in [0.3, 0.4) is 0 Å². The van der Waals surface area contributed by atoms with E-state index in [-0.39, 0.29) is 12.4 Å². The van der Waals surface area contributed by atoms with Gasteiger partial charge in [-0.1, -0.05) is 86.9 Å². The van der Waals surface area contributed by atoms with Crippen LogP contribution in [0.1, 0.15) is 77.3 Å². The van der Waals surface area contributed by atoms with Crippen molar-refractivity contribution in [3.05, 3.63) is 83.0 Å². The van der Waals surface area contributed by atoms with Crippen molar-refractivity contribution in [1.82, 2.24) is 0 Å². The molecule has 1 saturated heterocycles. The van der Waals surface area contributed by atoms with Gasteiger partial charge in [0.05, 0.1) is 12.0 Å². The number of allylic oxidation sites excluding steroid dienone is 7. The number of unbranched alkanes of at least 4 members (excludes halogenated alkanes) is 3. The summed E-state index contributed by atoms with van der Waals surface area (Å²) in [5, 5.41) is 0. The van der Waals surface area contributed by atoms with Gasteiger partial charge < -0.3 is 9.47 Å². The molecule has 1 fully saturated rings. The average Bonchev–Trinajstić information content (AvgIpc) is 2.96. The molecule has 0 saturated carbocycles. The molecule has 1 aliphatic heterocycles. The first-order valence-corrected chi connectivity index (χ1v) is 12.1. The summed E-state index contributed by atoms with van der Waals surface area (Å²) in [6.07, 6.45) is 17.8. The van der Waals surface area contributed by atoms with Gasteiger partial charge >= 0.3 is 11.9 Å². The van der Waals surface area contributed by atoms with Gasteiger partial charge in [0.2, 0.25) is 0 Å². The molecule has 1 aromatic rings. The van der Waals surface area contributed by atoms with E-state index in [1.54, 1.807) is 0 Å². The van der Waals surface area contributed by atoms with Crippen LogP contribution in [-0.4, -0.2) is 17.5 Å². The summed E-state index contributed by atoms with van der Waals surface area (Å²) in [6, 6.07) is 8.18. The molecule has 0 amide bonds. The summed E-state index contributed by atoms with van der Waals surface area (Å²) in [5.74, 6) is -0.771. The number of carbonyl (C=O) groups excluding carboxylic acids is 2. The Kier molecular flexibility index (Phi) is 8.12. The fourth-order valence-corrected chi connectivity index (χ4v) is 4.31. The van der Waals surface area contributed by atoms with Crippen LogP contribution >= 0.6 is 0 Å². The van der Waals surface area contributed by atoms with Crippen LogP contribution in [0.15, 0.2) is 71.9 Å². The minimum atomic E-state index is -1.17. The maximum Gasteiger partial charge on any atom is 0.339 e. The highest BCUT2D eigenvalue weighted by atomic mass is 16.6. The number of aryl methyl sites for hydroxylation is 1. The van der Waals surface area contributed by atoms with Gasteiger partial charge in [0.25, 0.3) is 0 Å². The lowest BCUT2D eigenvalue weighted by Gasteiger charge is -2.33. The van der Waals surface area contributed by atoms with Gasteiger partial charge in [-0.15, -0.1) is 0 Å². The lowest BCUT2D eigenvalue weighted by molar-refractivity contribution is -0.156. The Labute approximate surface area is 198 Å². The molecular weight excluding hydrogens is 412 g/mol. The van der Waals surface area contributed by atoms with Crippen LogP contribution in [0.25, 0.3) is 0 Å². The maximum absolute atomic E-state index is 13.6. The van der Waals surface area contributed by atoms with Crippen molar-refractivity contribution in [2.75, 3.05) is 0 Å². The van der Waals surface area contributed by atoms with E-state index in [0.29, 0.717) is 17.6 Å². The summed E-state index contributed by atoms with van der Waals surface area (Å²) >= 11 is 0. The van der Waals surface area contributed by atoms with E-state index < -0.39 is 17.2 Å². The highest BCUT2D eigenvalue weighted by Gasteiger charge is 2.50. The number of hydrogen-bond donors (Lipinski definition) is 0. The largest absolute Gasteiger partial charge is 0.456 e. The quantitative estimate of drug-likeness (QED) is 0.253. The molecule has 3 rings (SSSR count). The summed E-state index contributed by atoms with van der Waals surface area (Å²) < 4.78 is 11.8. The highest BCUT2D eigenvalue weighted by molar-refractivity contribution is 5.95. The van der Waals surface area contributed by atoms with Gasteiger partial charge in [-0.2, -0.15) is 0 Å². The smallest absolute Gasteiger partial charge is 0.339 e. The van der Waals surface area contributed by atoms with E-state index in [0.717, 1.165) is 18.4 Å². The Morgan fingerprint density at radius 1 is 1.00 bits per heavy atom. The number of ether oxygens (including phenoxy) is 2. The third-order valence-electron chi connectivity index (χ3n) is 5.89. The molecule has 0 aromatic heterocycles. The van der Waals surface area contributed by atoms with Gasteiger partial charge in [-0.05, 0) is 44.7 Å². The van der Waals surface area contributed by atoms with E-state index in [1.807, 2.05) is 69.4 Å². The fourth-order valence-electron chi connectivity index (χ4n) is 4.31. The molecule has 0 bridgehead atoms. The molecule has 1 aliphatic carbocycles. The summed E-state index contributed by atoms with van der Waals surface area (Å²) in [5.41, 5.74) is 1.26. The monoisotopic (exact) mass is 448 g/mol. The highest BCUT2D eigenvalue weighted by Crippen LogP contribution is 2.46. The van der Waals surface area contributed by atoms with E-state index >= 15 is 0 Å². The molecule has 0 radical (unpaired) electrons. The lowest BCUT2D eigenvalue weighted by Crippen LogP contribution is -2.37. The summed E-state index contributed by atoms with van der Waals surface area (Å²) in [6.45, 7) is 7.74. The van der Waals surface area contributed by atoms with Gasteiger partial charge in [-0.3, -0.25) is 4.79 Å². The number of carbonyl (C=O) groups is 2. The third kappa shape index (κ3) is 6.34. The first-order valence-electron chi connectivity index (χ1n) is 12.1. The Morgan fingerprint density at radius 3 is 2.21 bits per heavy atom. The Morgan fingerprint density at radius 2 is 1.67 bits per heavy atom. The Hall–Kier alpha value is -2.88. The van der Waals surface area contributed by atoms with E-state index in [2.05, 4.69) is 19.1 Å². The van der Waals surface area contributed by atoms with Gasteiger partial charge in [0, 0.05) is 12.0 Å². The van der Waals surface area contributed by atoms with Gasteiger partial charge in [0.15, 0.2) is 5.60 Å². The Balaban J connectivity index is 2.05. The van der Waals surface area contributed by atoms with Crippen LogP contribution in [0.4, 0.5) is 0 Å². The van der Waals surface area contributed by atoms with Crippen molar-refractivity contribution in [3.8, 4) is 0 Å². The molecule has 1 heterocycles. The van der Waals surface area contributed by atoms with Crippen molar-refractivity contribution in [2.24, 2.45) is 0 Å². The molecule has 176 valence electrons. The molecule has 1 atom stereocenters. The maximum atomic E-state index is 13.6. The molecule has 1 aromatic carbocycles. The summed E-state index contributed by atoms with van der Waals surface area (Å²) in [7, 11) is 0. The van der Waals surface area contributed by atoms with Crippen LogP contribution in [0.2, 0.25) is 0 Å². The van der Waals surface area contributed by atoms with Gasteiger partial charge in [0.1, 0.15) is 5.60 Å². The normalized spacial score (nSPS) is 20.0. The zero-order chi connectivity index (χ0) is 23.9. The van der Waals surface area contributed by atoms with E-state index in [9.17, 15) is 9.59 Å². The second kappa shape index (κ2) is 10.8. The number of benzene rings is 1. The minimum Gasteiger partial charge on any atom is -0.456 e. The van der Waals surface area contributed by atoms with Crippen LogP contribution in [0, 0.1) is 0 Å². The van der Waals surface area contributed by atoms with Crippen molar-refractivity contribution in [3.63, 3.8) is 0 Å². The predicted molar refractivity (Wildman–Crippen MR) is 132 cm³/mol. The predicted octanol–water partition coefficient (Wildman–Crippen LogP) is 6.66. The number of hydrogen-bond acceptors (Lipinski definition) is 4. The number of esters is 2. The standard InChI is InChI=1S/C29H36O4/c1-5-6-7-10-13-22-16-18-24(19-17-22)29(21-20-25(30)32-29)26(27(31)33-28(2,3)4)23-14-11-8-9-12-15-23/h8-9,11-12,14-19H,5-7,10,13,20-21H2,1-4H3/t29-/m1/s1. The number of cyclic esters (lactones) is 1. The summed E-state index contributed by atoms with van der Waals surface area (Å²) in [4.78, 5) is 26.0. The third-order valence-corrected chi connectivity index (χ3v) is 5.89. The fraction of sp³-hybridized carbons (Fsp3) is 0.448. The second-order valence-corrected chi connectivity index (χ2v) is 9.74. The topological polar surface area (TPSA) is 52.6 Å². The molecule has 0 N–H and O–H groups in total. The molecule has 4 heteroatoms. The number of rotatable bonds is 8. The van der Waals surface area contributed by atoms with Crippen molar-refractivity contribution < 1.29 is 19.1 Å². The average molecular weight is 449 g/mol. The zero-order valence-corrected chi connectivity index (χ0v) is 20.4. The van der Waals surface area contributed by atoms with Gasteiger partial charge in [-0.25, -0.2) is 4.79 Å². The van der Waals surface area contributed by atoms with Crippen molar-refractivity contribution in [2.45, 2.75) is 83.8 Å². The van der Waals surface area contributed by atoms with Crippen LogP contribution in [0.5, 0.6) is 0 Å². The zero-order valence-electron chi connectivity index (χ0n) is 20.4. The Bertz CT molecular complexity index is 952. The molecular formula is C29H36O4. The van der Waals surface area contributed by atoms with Crippen LogP contribution in [-0.2, 0) is 31.1 Å². The lowest BCUT2D eigenvalue weighted by atomic mass is 9.80. The first-order chi connectivity index (χ1) is 15.7.